The van der Waals surface area contributed by atoms with E-state index < -0.39 is 18.1 Å². The summed E-state index contributed by atoms with van der Waals surface area (Å²) in [6, 6.07) is 15.4. The molecule has 1 N–H and O–H groups in total. The van der Waals surface area contributed by atoms with Crippen LogP contribution in [0.4, 0.5) is 4.79 Å². The molecule has 0 bridgehead atoms. The maximum Gasteiger partial charge on any atom is 0.407 e. The van der Waals surface area contributed by atoms with Crippen LogP contribution in [0.5, 0.6) is 0 Å². The Morgan fingerprint density at radius 1 is 1.03 bits per heavy atom. The van der Waals surface area contributed by atoms with Crippen molar-refractivity contribution < 1.29 is 23.9 Å². The van der Waals surface area contributed by atoms with Gasteiger partial charge in [0, 0.05) is 18.4 Å². The summed E-state index contributed by atoms with van der Waals surface area (Å²) in [6.07, 6.45) is 1.31. The predicted molar refractivity (Wildman–Crippen MR) is 108 cm³/mol. The van der Waals surface area contributed by atoms with Gasteiger partial charge in [0.05, 0.1) is 6.42 Å². The van der Waals surface area contributed by atoms with Crippen molar-refractivity contribution in [2.24, 2.45) is 0 Å². The number of fused-ring (bicyclic) bond motifs is 3. The van der Waals surface area contributed by atoms with Crippen LogP contribution < -0.4 is 5.32 Å². The first kappa shape index (κ1) is 20.3. The van der Waals surface area contributed by atoms with Crippen LogP contribution in [-0.4, -0.2) is 37.6 Å². The molecule has 1 aliphatic carbocycles. The third-order valence-corrected chi connectivity index (χ3v) is 4.82. The van der Waals surface area contributed by atoms with E-state index in [0.29, 0.717) is 6.29 Å². The second kappa shape index (κ2) is 9.68. The maximum atomic E-state index is 12.3. The minimum absolute atomic E-state index is 0.00656. The lowest BCUT2D eigenvalue weighted by Crippen LogP contribution is -2.38. The van der Waals surface area contributed by atoms with E-state index in [9.17, 15) is 14.4 Å². The summed E-state index contributed by atoms with van der Waals surface area (Å²) in [5.41, 5.74) is 4.50. The largest absolute Gasteiger partial charge is 0.461 e. The number of alkyl carbamates (subject to hydrolysis) is 1. The number of amides is 1. The third kappa shape index (κ3) is 4.90. The molecule has 0 aliphatic heterocycles. The highest BCUT2D eigenvalue weighted by atomic mass is 16.5. The van der Waals surface area contributed by atoms with Gasteiger partial charge in [-0.1, -0.05) is 61.2 Å². The van der Waals surface area contributed by atoms with Crippen molar-refractivity contribution in [3.05, 3.63) is 72.3 Å². The molecule has 2 aromatic rings. The lowest BCUT2D eigenvalue weighted by Gasteiger charge is -2.18. The highest BCUT2D eigenvalue weighted by Crippen LogP contribution is 2.44. The zero-order valence-corrected chi connectivity index (χ0v) is 16.0. The molecule has 0 heterocycles. The lowest BCUT2D eigenvalue weighted by atomic mass is 9.98. The van der Waals surface area contributed by atoms with Crippen molar-refractivity contribution in [2.75, 3.05) is 13.2 Å². The van der Waals surface area contributed by atoms with E-state index in [1.807, 2.05) is 36.4 Å². The van der Waals surface area contributed by atoms with Gasteiger partial charge >= 0.3 is 12.1 Å². The molecular weight excluding hydrogens is 370 g/mol. The molecule has 1 aliphatic rings. The lowest BCUT2D eigenvalue weighted by molar-refractivity contribution is -0.142. The number of benzene rings is 2. The van der Waals surface area contributed by atoms with Crippen LogP contribution in [0.2, 0.25) is 0 Å². The van der Waals surface area contributed by atoms with E-state index in [4.69, 9.17) is 9.47 Å². The van der Waals surface area contributed by atoms with E-state index >= 15 is 0 Å². The minimum atomic E-state index is -0.680. The Morgan fingerprint density at radius 2 is 1.66 bits per heavy atom. The predicted octanol–water partition coefficient (Wildman–Crippen LogP) is 3.60. The second-order valence-corrected chi connectivity index (χ2v) is 6.74. The Morgan fingerprint density at radius 3 is 2.24 bits per heavy atom. The molecule has 3 rings (SSSR count). The number of esters is 1. The van der Waals surface area contributed by atoms with Crippen LogP contribution in [-0.2, 0) is 19.1 Å². The number of hydrogen-bond donors (Lipinski definition) is 1. The monoisotopic (exact) mass is 393 g/mol. The van der Waals surface area contributed by atoms with Gasteiger partial charge < -0.3 is 19.6 Å². The highest BCUT2D eigenvalue weighted by Gasteiger charge is 2.29. The van der Waals surface area contributed by atoms with Crippen LogP contribution in [0.25, 0.3) is 11.1 Å². The van der Waals surface area contributed by atoms with Crippen molar-refractivity contribution in [3.63, 3.8) is 0 Å². The zero-order chi connectivity index (χ0) is 20.6. The molecule has 1 atom stereocenters. The standard InChI is InChI=1S/C23H23NO5/c1-2-13-28-22(26)14-16(11-12-25)24-23(27)29-15-21-19-9-5-3-7-17(19)18-8-4-6-10-20(18)21/h2-10,12,16,21H,1,11,13-15H2,(H,24,27)/t16-/m0/s1. The molecule has 0 radical (unpaired) electrons. The smallest absolute Gasteiger partial charge is 0.407 e. The van der Waals surface area contributed by atoms with Crippen molar-refractivity contribution >= 4 is 18.3 Å². The molecule has 2 aromatic carbocycles. The fraction of sp³-hybridized carbons (Fsp3) is 0.261. The Kier molecular flexibility index (Phi) is 6.79. The highest BCUT2D eigenvalue weighted by molar-refractivity contribution is 5.79. The van der Waals surface area contributed by atoms with Crippen LogP contribution in [0.15, 0.2) is 61.2 Å². The molecule has 150 valence electrons. The van der Waals surface area contributed by atoms with Crippen molar-refractivity contribution in [2.45, 2.75) is 24.8 Å². The molecule has 29 heavy (non-hydrogen) atoms. The zero-order valence-electron chi connectivity index (χ0n) is 16.0. The fourth-order valence-corrected chi connectivity index (χ4v) is 3.53. The Labute approximate surface area is 169 Å². The SMILES string of the molecule is C=CCOC(=O)C[C@H](CC=O)NC(=O)OCC1c2ccccc2-c2ccccc21. The van der Waals surface area contributed by atoms with Crippen LogP contribution in [0, 0.1) is 0 Å². The first-order chi connectivity index (χ1) is 14.1. The van der Waals surface area contributed by atoms with Gasteiger partial charge in [0.2, 0.25) is 0 Å². The Balaban J connectivity index is 1.62. The molecule has 0 saturated heterocycles. The number of aldehydes is 1. The number of carbonyl (C=O) groups excluding carboxylic acids is 3. The number of hydrogen-bond acceptors (Lipinski definition) is 5. The van der Waals surface area contributed by atoms with Crippen LogP contribution in [0.1, 0.15) is 29.9 Å². The minimum Gasteiger partial charge on any atom is -0.461 e. The summed E-state index contributed by atoms with van der Waals surface area (Å²) in [7, 11) is 0. The first-order valence-electron chi connectivity index (χ1n) is 9.45. The topological polar surface area (TPSA) is 81.7 Å². The summed E-state index contributed by atoms with van der Waals surface area (Å²) in [6.45, 7) is 3.71. The van der Waals surface area contributed by atoms with Crippen molar-refractivity contribution in [1.82, 2.24) is 5.32 Å². The molecule has 0 saturated carbocycles. The van der Waals surface area contributed by atoms with Crippen LogP contribution in [0.3, 0.4) is 0 Å². The van der Waals surface area contributed by atoms with Gasteiger partial charge in [-0.2, -0.15) is 0 Å². The van der Waals surface area contributed by atoms with Gasteiger partial charge in [0.25, 0.3) is 0 Å². The van der Waals surface area contributed by atoms with Crippen molar-refractivity contribution in [1.29, 1.82) is 0 Å². The normalized spacial score (nSPS) is 13.0. The van der Waals surface area contributed by atoms with E-state index in [1.165, 1.54) is 6.08 Å². The first-order valence-corrected chi connectivity index (χ1v) is 9.45. The van der Waals surface area contributed by atoms with E-state index in [2.05, 4.69) is 24.0 Å². The number of ether oxygens (including phenoxy) is 2. The molecule has 0 fully saturated rings. The van der Waals surface area contributed by atoms with Gasteiger partial charge in [-0.25, -0.2) is 4.79 Å². The second-order valence-electron chi connectivity index (χ2n) is 6.74. The van der Waals surface area contributed by atoms with E-state index in [0.717, 1.165) is 22.3 Å². The summed E-state index contributed by atoms with van der Waals surface area (Å²) in [5, 5.41) is 2.58. The quantitative estimate of drug-likeness (QED) is 0.400. The molecule has 0 aromatic heterocycles. The summed E-state index contributed by atoms with van der Waals surface area (Å²) >= 11 is 0. The molecular formula is C23H23NO5. The number of rotatable bonds is 9. The van der Waals surface area contributed by atoms with E-state index in [1.54, 1.807) is 0 Å². The molecule has 1 amide bonds. The molecule has 6 nitrogen and oxygen atoms in total. The van der Waals surface area contributed by atoms with Gasteiger partial charge in [-0.05, 0) is 22.3 Å². The van der Waals surface area contributed by atoms with Gasteiger partial charge in [0.1, 0.15) is 19.5 Å². The van der Waals surface area contributed by atoms with Crippen molar-refractivity contribution in [3.8, 4) is 11.1 Å². The van der Waals surface area contributed by atoms with Gasteiger partial charge in [0.15, 0.2) is 0 Å². The molecule has 0 unspecified atom stereocenters. The fourth-order valence-electron chi connectivity index (χ4n) is 3.53. The number of carbonyl (C=O) groups is 3. The van der Waals surface area contributed by atoms with Gasteiger partial charge in [-0.15, -0.1) is 0 Å². The van der Waals surface area contributed by atoms with Gasteiger partial charge in [-0.3, -0.25) is 4.79 Å². The summed E-state index contributed by atoms with van der Waals surface area (Å²) in [5.74, 6) is -0.578. The Bertz CT molecular complexity index is 862. The maximum absolute atomic E-state index is 12.3. The third-order valence-electron chi connectivity index (χ3n) is 4.82. The molecule has 6 heteroatoms. The summed E-state index contributed by atoms with van der Waals surface area (Å²) in [4.78, 5) is 34.9. The number of nitrogens with one attached hydrogen (secondary N) is 1. The average molecular weight is 393 g/mol. The Hall–Kier alpha value is -3.41. The molecule has 0 spiro atoms. The van der Waals surface area contributed by atoms with E-state index in [-0.39, 0.29) is 32.0 Å². The summed E-state index contributed by atoms with van der Waals surface area (Å²) < 4.78 is 10.3. The average Bonchev–Trinajstić information content (AvgIpc) is 3.05. The van der Waals surface area contributed by atoms with Crippen LogP contribution >= 0.6 is 0 Å².